The first kappa shape index (κ1) is 14.5. The molecule has 0 unspecified atom stereocenters. The molecule has 5 heteroatoms. The fourth-order valence-corrected chi connectivity index (χ4v) is 2.73. The molecule has 0 spiro atoms. The van der Waals surface area contributed by atoms with Crippen LogP contribution in [0.4, 0.5) is 5.82 Å². The van der Waals surface area contributed by atoms with Gasteiger partial charge in [0.25, 0.3) is 5.56 Å². The maximum atomic E-state index is 13.1. The number of hydrogen-bond donors (Lipinski definition) is 1. The number of benzene rings is 2. The molecule has 3 aromatic rings. The molecule has 120 valence electrons. The van der Waals surface area contributed by atoms with Crippen molar-refractivity contribution >= 4 is 5.82 Å². The Morgan fingerprint density at radius 1 is 0.792 bits per heavy atom. The minimum atomic E-state index is -0.372. The SMILES string of the molecule is O=c1cc(NC2CC2)n(-c2ccccc2)c(=O)n1-c1ccccc1. The van der Waals surface area contributed by atoms with Crippen molar-refractivity contribution in [3.8, 4) is 11.4 Å². The fourth-order valence-electron chi connectivity index (χ4n) is 2.73. The molecule has 1 fully saturated rings. The van der Waals surface area contributed by atoms with Gasteiger partial charge in [0.15, 0.2) is 0 Å². The second kappa shape index (κ2) is 5.85. The van der Waals surface area contributed by atoms with Crippen LogP contribution in [0, 0.1) is 0 Å². The van der Waals surface area contributed by atoms with Gasteiger partial charge in [-0.25, -0.2) is 13.9 Å². The fraction of sp³-hybridized carbons (Fsp3) is 0.158. The normalized spacial score (nSPS) is 13.7. The van der Waals surface area contributed by atoms with Gasteiger partial charge in [-0.2, -0.15) is 0 Å². The predicted molar refractivity (Wildman–Crippen MR) is 94.3 cm³/mol. The molecule has 0 radical (unpaired) electrons. The first-order valence-electron chi connectivity index (χ1n) is 8.00. The summed E-state index contributed by atoms with van der Waals surface area (Å²) in [6, 6.07) is 20.2. The highest BCUT2D eigenvalue weighted by molar-refractivity contribution is 5.47. The summed E-state index contributed by atoms with van der Waals surface area (Å²) in [6.07, 6.45) is 2.12. The van der Waals surface area contributed by atoms with Crippen LogP contribution in [0.25, 0.3) is 11.4 Å². The third-order valence-electron chi connectivity index (χ3n) is 4.06. The lowest BCUT2D eigenvalue weighted by Crippen LogP contribution is -2.39. The Morgan fingerprint density at radius 3 is 1.88 bits per heavy atom. The number of nitrogens with zero attached hydrogens (tertiary/aromatic N) is 2. The molecule has 1 saturated carbocycles. The Morgan fingerprint density at radius 2 is 1.33 bits per heavy atom. The predicted octanol–water partition coefficient (Wildman–Crippen LogP) is 2.56. The van der Waals surface area contributed by atoms with E-state index in [1.807, 2.05) is 48.5 Å². The van der Waals surface area contributed by atoms with E-state index in [0.29, 0.717) is 17.5 Å². The zero-order valence-electron chi connectivity index (χ0n) is 13.1. The van der Waals surface area contributed by atoms with Crippen LogP contribution >= 0.6 is 0 Å². The molecule has 1 N–H and O–H groups in total. The largest absolute Gasteiger partial charge is 0.368 e. The number of anilines is 1. The van der Waals surface area contributed by atoms with Gasteiger partial charge < -0.3 is 5.32 Å². The molecule has 1 aromatic heterocycles. The number of nitrogens with one attached hydrogen (secondary N) is 1. The monoisotopic (exact) mass is 319 g/mol. The minimum Gasteiger partial charge on any atom is -0.368 e. The van der Waals surface area contributed by atoms with Crippen LogP contribution in [0.1, 0.15) is 12.8 Å². The Labute approximate surface area is 138 Å². The van der Waals surface area contributed by atoms with E-state index in [1.54, 1.807) is 16.7 Å². The van der Waals surface area contributed by atoms with Crippen molar-refractivity contribution < 1.29 is 0 Å². The number of para-hydroxylation sites is 2. The summed E-state index contributed by atoms with van der Waals surface area (Å²) in [5.74, 6) is 0.547. The summed E-state index contributed by atoms with van der Waals surface area (Å²) >= 11 is 0. The topological polar surface area (TPSA) is 56.0 Å². The van der Waals surface area contributed by atoms with Gasteiger partial charge >= 0.3 is 5.69 Å². The Bertz CT molecular complexity index is 971. The van der Waals surface area contributed by atoms with E-state index >= 15 is 0 Å². The van der Waals surface area contributed by atoms with Crippen molar-refractivity contribution in [3.05, 3.63) is 87.6 Å². The van der Waals surface area contributed by atoms with Crippen molar-refractivity contribution in [2.24, 2.45) is 0 Å². The maximum absolute atomic E-state index is 13.1. The molecule has 5 nitrogen and oxygen atoms in total. The highest BCUT2D eigenvalue weighted by Gasteiger charge is 2.24. The van der Waals surface area contributed by atoms with Crippen LogP contribution in [0.3, 0.4) is 0 Å². The molecule has 1 aliphatic carbocycles. The average molecular weight is 319 g/mol. The van der Waals surface area contributed by atoms with Crippen LogP contribution in [-0.2, 0) is 0 Å². The Balaban J connectivity index is 1.98. The summed E-state index contributed by atoms with van der Waals surface area (Å²) in [7, 11) is 0. The second-order valence-electron chi connectivity index (χ2n) is 5.91. The first-order chi connectivity index (χ1) is 11.7. The van der Waals surface area contributed by atoms with Gasteiger partial charge in [-0.3, -0.25) is 4.79 Å². The van der Waals surface area contributed by atoms with E-state index in [1.165, 1.54) is 10.6 Å². The van der Waals surface area contributed by atoms with Gasteiger partial charge in [0, 0.05) is 12.1 Å². The molecule has 0 atom stereocenters. The zero-order valence-corrected chi connectivity index (χ0v) is 13.1. The smallest absolute Gasteiger partial charge is 0.341 e. The van der Waals surface area contributed by atoms with E-state index < -0.39 is 0 Å². The van der Waals surface area contributed by atoms with Gasteiger partial charge in [0.1, 0.15) is 5.82 Å². The first-order valence-corrected chi connectivity index (χ1v) is 8.00. The third-order valence-corrected chi connectivity index (χ3v) is 4.06. The molecule has 0 bridgehead atoms. The van der Waals surface area contributed by atoms with Crippen LogP contribution in [-0.4, -0.2) is 15.2 Å². The molecule has 1 heterocycles. The summed E-state index contributed by atoms with van der Waals surface area (Å²) < 4.78 is 2.76. The standard InChI is InChI=1S/C19H17N3O2/c23-18-13-17(20-14-11-12-14)21(15-7-3-1-4-8-15)19(24)22(18)16-9-5-2-6-10-16/h1-10,13-14,20H,11-12H2. The van der Waals surface area contributed by atoms with Gasteiger partial charge in [-0.15, -0.1) is 0 Å². The van der Waals surface area contributed by atoms with E-state index in [-0.39, 0.29) is 11.2 Å². The van der Waals surface area contributed by atoms with E-state index in [9.17, 15) is 9.59 Å². The average Bonchev–Trinajstić information content (AvgIpc) is 3.40. The second-order valence-corrected chi connectivity index (χ2v) is 5.91. The molecule has 0 amide bonds. The Kier molecular flexibility index (Phi) is 3.54. The third kappa shape index (κ3) is 2.65. The highest BCUT2D eigenvalue weighted by atomic mass is 16.2. The molecule has 0 saturated heterocycles. The van der Waals surface area contributed by atoms with Gasteiger partial charge in [-0.05, 0) is 37.1 Å². The van der Waals surface area contributed by atoms with E-state index in [4.69, 9.17) is 0 Å². The highest BCUT2D eigenvalue weighted by Crippen LogP contribution is 2.24. The lowest BCUT2D eigenvalue weighted by molar-refractivity contribution is 0.801. The van der Waals surface area contributed by atoms with Gasteiger partial charge in [0.2, 0.25) is 0 Å². The van der Waals surface area contributed by atoms with Crippen LogP contribution in [0.15, 0.2) is 76.3 Å². The van der Waals surface area contributed by atoms with Gasteiger partial charge in [-0.1, -0.05) is 36.4 Å². The van der Waals surface area contributed by atoms with E-state index in [0.717, 1.165) is 18.5 Å². The lowest BCUT2D eigenvalue weighted by atomic mass is 10.3. The van der Waals surface area contributed by atoms with Gasteiger partial charge in [0.05, 0.1) is 11.4 Å². The van der Waals surface area contributed by atoms with Crippen LogP contribution in [0.2, 0.25) is 0 Å². The zero-order chi connectivity index (χ0) is 16.5. The Hall–Kier alpha value is -3.08. The molecule has 24 heavy (non-hydrogen) atoms. The molecule has 0 aliphatic heterocycles. The summed E-state index contributed by atoms with van der Waals surface area (Å²) in [5, 5.41) is 3.29. The summed E-state index contributed by atoms with van der Waals surface area (Å²) in [4.78, 5) is 25.7. The maximum Gasteiger partial charge on any atom is 0.341 e. The molecular formula is C19H17N3O2. The molecule has 1 aliphatic rings. The van der Waals surface area contributed by atoms with Crippen molar-refractivity contribution in [1.82, 2.24) is 9.13 Å². The summed E-state index contributed by atoms with van der Waals surface area (Å²) in [5.41, 5.74) is 0.593. The molecule has 2 aromatic carbocycles. The van der Waals surface area contributed by atoms with E-state index in [2.05, 4.69) is 5.32 Å². The lowest BCUT2D eigenvalue weighted by Gasteiger charge is -2.16. The van der Waals surface area contributed by atoms with Crippen molar-refractivity contribution in [2.45, 2.75) is 18.9 Å². The molecular weight excluding hydrogens is 302 g/mol. The number of rotatable bonds is 4. The number of hydrogen-bond acceptors (Lipinski definition) is 3. The van der Waals surface area contributed by atoms with Crippen molar-refractivity contribution in [3.63, 3.8) is 0 Å². The van der Waals surface area contributed by atoms with Crippen LogP contribution in [0.5, 0.6) is 0 Å². The van der Waals surface area contributed by atoms with Crippen LogP contribution < -0.4 is 16.6 Å². The van der Waals surface area contributed by atoms with Crippen molar-refractivity contribution in [1.29, 1.82) is 0 Å². The number of aromatic nitrogens is 2. The van der Waals surface area contributed by atoms with Crippen molar-refractivity contribution in [2.75, 3.05) is 5.32 Å². The quantitative estimate of drug-likeness (QED) is 0.804. The molecule has 4 rings (SSSR count). The minimum absolute atomic E-state index is 0.332. The summed E-state index contributed by atoms with van der Waals surface area (Å²) in [6.45, 7) is 0.